The van der Waals surface area contributed by atoms with Gasteiger partial charge in [-0.2, -0.15) is 11.8 Å². The normalized spacial score (nSPS) is 18.6. The average Bonchev–Trinajstić information content (AvgIpc) is 2.46. The number of thioether (sulfide) groups is 1. The van der Waals surface area contributed by atoms with Crippen molar-refractivity contribution < 1.29 is 19.2 Å². The van der Waals surface area contributed by atoms with E-state index in [-0.39, 0.29) is 5.69 Å². The molecule has 1 atom stereocenters. The van der Waals surface area contributed by atoms with E-state index in [1.54, 1.807) is 16.7 Å². The van der Waals surface area contributed by atoms with E-state index in [9.17, 15) is 19.3 Å². The maximum atomic E-state index is 14.1. The van der Waals surface area contributed by atoms with Crippen LogP contribution in [0.2, 0.25) is 0 Å². The first-order valence-corrected chi connectivity index (χ1v) is 7.56. The van der Waals surface area contributed by atoms with Crippen LogP contribution in [0.25, 0.3) is 0 Å². The van der Waals surface area contributed by atoms with Crippen LogP contribution in [0.4, 0.5) is 15.8 Å². The summed E-state index contributed by atoms with van der Waals surface area (Å²) in [6.07, 6.45) is 0.932. The maximum absolute atomic E-state index is 14.1. The van der Waals surface area contributed by atoms with Crippen LogP contribution >= 0.6 is 11.8 Å². The van der Waals surface area contributed by atoms with Crippen LogP contribution in [-0.4, -0.2) is 40.1 Å². The van der Waals surface area contributed by atoms with Gasteiger partial charge < -0.3 is 10.0 Å². The molecule has 0 spiro atoms. The summed E-state index contributed by atoms with van der Waals surface area (Å²) in [4.78, 5) is 22.8. The minimum Gasteiger partial charge on any atom is -0.477 e. The third kappa shape index (κ3) is 3.26. The summed E-state index contributed by atoms with van der Waals surface area (Å²) in [6.45, 7) is 3.24. The fourth-order valence-electron chi connectivity index (χ4n) is 2.30. The van der Waals surface area contributed by atoms with Gasteiger partial charge in [0, 0.05) is 24.1 Å². The summed E-state index contributed by atoms with van der Waals surface area (Å²) in [5.74, 6) is -1.37. The van der Waals surface area contributed by atoms with Crippen LogP contribution < -0.4 is 4.90 Å². The highest BCUT2D eigenvalue weighted by molar-refractivity contribution is 8.00. The van der Waals surface area contributed by atoms with Gasteiger partial charge in [0.05, 0.1) is 16.7 Å². The highest BCUT2D eigenvalue weighted by atomic mass is 32.2. The van der Waals surface area contributed by atoms with Crippen molar-refractivity contribution in [3.05, 3.63) is 33.6 Å². The lowest BCUT2D eigenvalue weighted by atomic mass is 10.1. The molecule has 0 amide bonds. The highest BCUT2D eigenvalue weighted by Crippen LogP contribution is 2.32. The second-order valence-electron chi connectivity index (χ2n) is 4.73. The third-order valence-corrected chi connectivity index (χ3v) is 4.80. The van der Waals surface area contributed by atoms with Gasteiger partial charge in [-0.1, -0.05) is 6.92 Å². The van der Waals surface area contributed by atoms with E-state index in [1.807, 2.05) is 6.92 Å². The minimum atomic E-state index is -1.43. The van der Waals surface area contributed by atoms with Crippen molar-refractivity contribution in [2.75, 3.05) is 23.7 Å². The number of carbonyl (C=O) groups is 1. The number of hydrogen-bond donors (Lipinski definition) is 1. The number of carboxylic acids is 1. The van der Waals surface area contributed by atoms with Crippen molar-refractivity contribution >= 4 is 29.1 Å². The van der Waals surface area contributed by atoms with Crippen LogP contribution in [0.3, 0.4) is 0 Å². The van der Waals surface area contributed by atoms with Crippen molar-refractivity contribution in [1.82, 2.24) is 0 Å². The van der Waals surface area contributed by atoms with Gasteiger partial charge in [0.1, 0.15) is 5.56 Å². The molecule has 1 aliphatic heterocycles. The van der Waals surface area contributed by atoms with Crippen LogP contribution in [0.5, 0.6) is 0 Å². The number of aromatic carboxylic acids is 1. The van der Waals surface area contributed by atoms with E-state index in [1.165, 1.54) is 0 Å². The SMILES string of the molecule is CCC1CN(c2cc(C(=O)O)c([N+](=O)[O-])cc2F)CCS1. The zero-order valence-electron chi connectivity index (χ0n) is 11.4. The monoisotopic (exact) mass is 314 g/mol. The van der Waals surface area contributed by atoms with E-state index in [0.717, 1.165) is 18.2 Å². The molecular formula is C13H15FN2O4S. The Morgan fingerprint density at radius 1 is 1.62 bits per heavy atom. The van der Waals surface area contributed by atoms with Crippen LogP contribution in [0.1, 0.15) is 23.7 Å². The van der Waals surface area contributed by atoms with E-state index >= 15 is 0 Å². The lowest BCUT2D eigenvalue weighted by molar-refractivity contribution is -0.385. The molecule has 8 heteroatoms. The number of nitro benzene ring substituents is 1. The molecule has 1 fully saturated rings. The predicted octanol–water partition coefficient (Wildman–Crippen LogP) is 2.76. The number of nitrogens with zero attached hydrogens (tertiary/aromatic N) is 2. The quantitative estimate of drug-likeness (QED) is 0.679. The van der Waals surface area contributed by atoms with E-state index in [0.29, 0.717) is 24.4 Å². The lowest BCUT2D eigenvalue weighted by Gasteiger charge is -2.33. The van der Waals surface area contributed by atoms with Crippen molar-refractivity contribution in [3.63, 3.8) is 0 Å². The van der Waals surface area contributed by atoms with Gasteiger partial charge in [-0.25, -0.2) is 9.18 Å². The fraction of sp³-hybridized carbons (Fsp3) is 0.462. The first kappa shape index (κ1) is 15.6. The Labute approximate surface area is 125 Å². The lowest BCUT2D eigenvalue weighted by Crippen LogP contribution is -2.38. The molecule has 1 saturated heterocycles. The van der Waals surface area contributed by atoms with Gasteiger partial charge in [-0.15, -0.1) is 0 Å². The molecule has 1 N–H and O–H groups in total. The van der Waals surface area contributed by atoms with E-state index in [2.05, 4.69) is 0 Å². The summed E-state index contributed by atoms with van der Waals surface area (Å²) in [7, 11) is 0. The van der Waals surface area contributed by atoms with Gasteiger partial charge in [-0.05, 0) is 12.5 Å². The summed E-state index contributed by atoms with van der Waals surface area (Å²) in [5, 5.41) is 20.2. The summed E-state index contributed by atoms with van der Waals surface area (Å²) in [6, 6.07) is 1.76. The molecule has 114 valence electrons. The Morgan fingerprint density at radius 2 is 2.33 bits per heavy atom. The largest absolute Gasteiger partial charge is 0.477 e. The second-order valence-corrected chi connectivity index (χ2v) is 6.14. The predicted molar refractivity (Wildman–Crippen MR) is 78.8 cm³/mol. The molecule has 21 heavy (non-hydrogen) atoms. The summed E-state index contributed by atoms with van der Waals surface area (Å²) < 4.78 is 14.1. The Kier molecular flexibility index (Phi) is 4.66. The molecule has 1 heterocycles. The molecule has 0 radical (unpaired) electrons. The van der Waals surface area contributed by atoms with Crippen LogP contribution in [0, 0.1) is 15.9 Å². The maximum Gasteiger partial charge on any atom is 0.342 e. The molecule has 1 aromatic carbocycles. The van der Waals surface area contributed by atoms with Gasteiger partial charge in [-0.3, -0.25) is 10.1 Å². The number of benzene rings is 1. The Bertz CT molecular complexity index is 582. The molecule has 1 aliphatic rings. The molecule has 0 aromatic heterocycles. The van der Waals surface area contributed by atoms with Gasteiger partial charge in [0.2, 0.25) is 0 Å². The first-order valence-electron chi connectivity index (χ1n) is 6.51. The Balaban J connectivity index is 2.42. The molecule has 6 nitrogen and oxygen atoms in total. The summed E-state index contributed by atoms with van der Waals surface area (Å²) >= 11 is 1.80. The second kappa shape index (κ2) is 6.30. The summed E-state index contributed by atoms with van der Waals surface area (Å²) in [5.41, 5.74) is -1.08. The van der Waals surface area contributed by atoms with Crippen molar-refractivity contribution in [2.45, 2.75) is 18.6 Å². The number of halogens is 1. The standard InChI is InChI=1S/C13H15FN2O4S/c1-2-8-7-15(3-4-21-8)12-5-9(13(17)18)11(16(19)20)6-10(12)14/h5-6,8H,2-4,7H2,1H3,(H,17,18). The third-order valence-electron chi connectivity index (χ3n) is 3.43. The average molecular weight is 314 g/mol. The van der Waals surface area contributed by atoms with Gasteiger partial charge >= 0.3 is 5.97 Å². The number of anilines is 1. The van der Waals surface area contributed by atoms with E-state index in [4.69, 9.17) is 5.11 Å². The number of carboxylic acid groups (broad SMARTS) is 1. The van der Waals surface area contributed by atoms with Crippen molar-refractivity contribution in [3.8, 4) is 0 Å². The van der Waals surface area contributed by atoms with Gasteiger partial charge in [0.15, 0.2) is 5.82 Å². The molecular weight excluding hydrogens is 299 g/mol. The van der Waals surface area contributed by atoms with Gasteiger partial charge in [0.25, 0.3) is 5.69 Å². The number of hydrogen-bond acceptors (Lipinski definition) is 5. The molecule has 0 aliphatic carbocycles. The molecule has 2 rings (SSSR count). The fourth-order valence-corrected chi connectivity index (χ4v) is 3.48. The minimum absolute atomic E-state index is 0.122. The topological polar surface area (TPSA) is 83.7 Å². The van der Waals surface area contributed by atoms with E-state index < -0.39 is 28.0 Å². The Hall–Kier alpha value is -1.83. The van der Waals surface area contributed by atoms with Crippen LogP contribution in [0.15, 0.2) is 12.1 Å². The smallest absolute Gasteiger partial charge is 0.342 e. The zero-order chi connectivity index (χ0) is 15.6. The first-order chi connectivity index (χ1) is 9.93. The Morgan fingerprint density at radius 3 is 2.90 bits per heavy atom. The number of rotatable bonds is 4. The molecule has 0 bridgehead atoms. The molecule has 1 unspecified atom stereocenters. The van der Waals surface area contributed by atoms with Crippen molar-refractivity contribution in [1.29, 1.82) is 0 Å². The highest BCUT2D eigenvalue weighted by Gasteiger charge is 2.27. The molecule has 1 aromatic rings. The molecule has 0 saturated carbocycles. The van der Waals surface area contributed by atoms with Crippen molar-refractivity contribution in [2.24, 2.45) is 0 Å². The number of nitro groups is 1. The zero-order valence-corrected chi connectivity index (χ0v) is 12.2. The van der Waals surface area contributed by atoms with Crippen LogP contribution in [-0.2, 0) is 0 Å².